The third-order valence-electron chi connectivity index (χ3n) is 2.38. The van der Waals surface area contributed by atoms with Crippen molar-refractivity contribution < 1.29 is 18.7 Å². The summed E-state index contributed by atoms with van der Waals surface area (Å²) >= 11 is 4.03. The van der Waals surface area contributed by atoms with Crippen LogP contribution in [0.1, 0.15) is 10.4 Å². The summed E-state index contributed by atoms with van der Waals surface area (Å²) in [5, 5.41) is 11.6. The smallest absolute Gasteiger partial charge is 0.337 e. The third-order valence-corrected chi connectivity index (χ3v) is 3.79. The van der Waals surface area contributed by atoms with E-state index in [9.17, 15) is 13.6 Å². The number of nitrogens with one attached hydrogen (secondary N) is 1. The zero-order valence-electron chi connectivity index (χ0n) is 9.62. The van der Waals surface area contributed by atoms with Crippen molar-refractivity contribution in [1.82, 2.24) is 4.98 Å². The van der Waals surface area contributed by atoms with Crippen LogP contribution in [0.5, 0.6) is 0 Å². The van der Waals surface area contributed by atoms with Crippen LogP contribution in [0.4, 0.5) is 20.3 Å². The normalized spacial score (nSPS) is 10.4. The lowest BCUT2D eigenvalue weighted by atomic mass is 10.1. The molecule has 0 atom stereocenters. The number of nitrogens with zero attached hydrogens (tertiary/aromatic N) is 1. The van der Waals surface area contributed by atoms with Crippen molar-refractivity contribution in [2.75, 3.05) is 5.32 Å². The van der Waals surface area contributed by atoms with Crippen LogP contribution in [0.15, 0.2) is 24.4 Å². The lowest BCUT2D eigenvalue weighted by Crippen LogP contribution is -2.08. The largest absolute Gasteiger partial charge is 0.478 e. The quantitative estimate of drug-likeness (QED) is 0.624. The van der Waals surface area contributed by atoms with Gasteiger partial charge in [0.15, 0.2) is 11.6 Å². The Balaban J connectivity index is 2.52. The van der Waals surface area contributed by atoms with Crippen LogP contribution < -0.4 is 5.32 Å². The molecule has 20 heavy (non-hydrogen) atoms. The summed E-state index contributed by atoms with van der Waals surface area (Å²) in [4.78, 5) is 15.1. The molecule has 0 fully saturated rings. The Hall–Kier alpha value is -1.04. The molecule has 1 aromatic heterocycles. The number of halogens is 4. The highest BCUT2D eigenvalue weighted by Crippen LogP contribution is 2.28. The van der Waals surface area contributed by atoms with Crippen molar-refractivity contribution in [3.8, 4) is 0 Å². The number of carboxylic acid groups (broad SMARTS) is 1. The molecule has 0 bridgehead atoms. The lowest BCUT2D eigenvalue weighted by Gasteiger charge is -2.12. The lowest BCUT2D eigenvalue weighted by molar-refractivity contribution is 0.0697. The number of hydrogen-bond acceptors (Lipinski definition) is 3. The molecule has 8 heteroatoms. The number of aromatic nitrogens is 1. The summed E-state index contributed by atoms with van der Waals surface area (Å²) < 4.78 is 28.6. The van der Waals surface area contributed by atoms with Crippen LogP contribution in [0.3, 0.4) is 0 Å². The zero-order valence-corrected chi connectivity index (χ0v) is 13.9. The van der Waals surface area contributed by atoms with E-state index in [0.29, 0.717) is 3.57 Å². The predicted octanol–water partition coefficient (Wildman–Crippen LogP) is 4.01. The van der Waals surface area contributed by atoms with Crippen molar-refractivity contribution in [3.05, 3.63) is 48.7 Å². The highest BCUT2D eigenvalue weighted by molar-refractivity contribution is 14.1. The molecule has 0 unspecified atom stereocenters. The van der Waals surface area contributed by atoms with Gasteiger partial charge in [-0.05, 0) is 63.4 Å². The van der Waals surface area contributed by atoms with Crippen LogP contribution in [0.2, 0.25) is 0 Å². The molecule has 2 aromatic rings. The molecule has 1 aromatic carbocycles. The first kappa shape index (κ1) is 15.4. The SMILES string of the molecule is O=C(O)c1ccc(F)c(F)c1Nc1ncc(I)cc1I. The molecule has 0 aliphatic heterocycles. The average Bonchev–Trinajstić information content (AvgIpc) is 2.37. The van der Waals surface area contributed by atoms with Crippen LogP contribution in [-0.4, -0.2) is 16.1 Å². The maximum atomic E-state index is 13.8. The molecular formula is C12H6F2I2N2O2. The highest BCUT2D eigenvalue weighted by atomic mass is 127. The van der Waals surface area contributed by atoms with Crippen LogP contribution in [0.25, 0.3) is 0 Å². The molecule has 0 aliphatic rings. The van der Waals surface area contributed by atoms with Crippen molar-refractivity contribution in [2.24, 2.45) is 0 Å². The van der Waals surface area contributed by atoms with Crippen molar-refractivity contribution >= 4 is 62.7 Å². The summed E-state index contributed by atoms with van der Waals surface area (Å²) in [6.07, 6.45) is 1.53. The maximum Gasteiger partial charge on any atom is 0.337 e. The molecule has 0 saturated carbocycles. The van der Waals surface area contributed by atoms with Gasteiger partial charge in [0.2, 0.25) is 0 Å². The van der Waals surface area contributed by atoms with Gasteiger partial charge in [0.1, 0.15) is 5.82 Å². The molecule has 1 heterocycles. The van der Waals surface area contributed by atoms with E-state index < -0.39 is 23.3 Å². The molecule has 0 radical (unpaired) electrons. The molecule has 2 rings (SSSR count). The number of hydrogen-bond donors (Lipinski definition) is 2. The van der Waals surface area contributed by atoms with Gasteiger partial charge in [-0.2, -0.15) is 0 Å². The minimum atomic E-state index is -1.35. The number of benzene rings is 1. The summed E-state index contributed by atoms with van der Waals surface area (Å²) in [7, 11) is 0. The van der Waals surface area contributed by atoms with E-state index in [0.717, 1.165) is 15.7 Å². The first-order valence-corrected chi connectivity index (χ1v) is 7.35. The monoisotopic (exact) mass is 502 g/mol. The predicted molar refractivity (Wildman–Crippen MR) is 86.3 cm³/mol. The Morgan fingerprint density at radius 1 is 1.30 bits per heavy atom. The van der Waals surface area contributed by atoms with E-state index in [1.54, 1.807) is 6.07 Å². The first-order chi connectivity index (χ1) is 9.40. The van der Waals surface area contributed by atoms with E-state index in [2.05, 4.69) is 32.9 Å². The standard InChI is InChI=1S/C12H6F2I2N2O2/c13-7-2-1-6(12(19)20)10(9(7)14)18-11-8(16)3-5(15)4-17-11/h1-4H,(H,17,18)(H,19,20). The summed E-state index contributed by atoms with van der Waals surface area (Å²) in [6.45, 7) is 0. The van der Waals surface area contributed by atoms with Gasteiger partial charge in [-0.25, -0.2) is 18.6 Å². The third kappa shape index (κ3) is 3.16. The van der Waals surface area contributed by atoms with Gasteiger partial charge in [0.05, 0.1) is 14.8 Å². The number of aromatic carboxylic acids is 1. The molecular weight excluding hydrogens is 496 g/mol. The second-order valence-corrected chi connectivity index (χ2v) is 6.11. The second kappa shape index (κ2) is 6.16. The Bertz CT molecular complexity index is 695. The van der Waals surface area contributed by atoms with Gasteiger partial charge in [-0.15, -0.1) is 0 Å². The molecule has 0 saturated heterocycles. The zero-order chi connectivity index (χ0) is 14.9. The Labute approximate surface area is 139 Å². The number of rotatable bonds is 3. The van der Waals surface area contributed by atoms with Gasteiger partial charge in [0, 0.05) is 9.77 Å². The topological polar surface area (TPSA) is 62.2 Å². The maximum absolute atomic E-state index is 13.8. The summed E-state index contributed by atoms with van der Waals surface area (Å²) in [6, 6.07) is 3.55. The Kier molecular flexibility index (Phi) is 4.73. The van der Waals surface area contributed by atoms with Gasteiger partial charge < -0.3 is 10.4 Å². The van der Waals surface area contributed by atoms with Crippen molar-refractivity contribution in [1.29, 1.82) is 0 Å². The number of pyridine rings is 1. The van der Waals surface area contributed by atoms with Gasteiger partial charge in [-0.1, -0.05) is 0 Å². The molecule has 0 spiro atoms. The first-order valence-electron chi connectivity index (χ1n) is 5.19. The van der Waals surface area contributed by atoms with E-state index in [-0.39, 0.29) is 11.4 Å². The summed E-state index contributed by atoms with van der Waals surface area (Å²) in [5.41, 5.74) is -0.802. The molecule has 104 valence electrons. The second-order valence-electron chi connectivity index (χ2n) is 3.70. The van der Waals surface area contributed by atoms with Gasteiger partial charge >= 0.3 is 5.97 Å². The molecule has 4 nitrogen and oxygen atoms in total. The molecule has 0 amide bonds. The van der Waals surface area contributed by atoms with E-state index >= 15 is 0 Å². The van der Waals surface area contributed by atoms with Crippen LogP contribution >= 0.6 is 45.2 Å². The summed E-state index contributed by atoms with van der Waals surface area (Å²) in [5.74, 6) is -3.47. The van der Waals surface area contributed by atoms with Crippen molar-refractivity contribution in [3.63, 3.8) is 0 Å². The van der Waals surface area contributed by atoms with Gasteiger partial charge in [0.25, 0.3) is 0 Å². The highest BCUT2D eigenvalue weighted by Gasteiger charge is 2.19. The number of carboxylic acids is 1. The fourth-order valence-electron chi connectivity index (χ4n) is 1.48. The molecule has 0 aliphatic carbocycles. The minimum Gasteiger partial charge on any atom is -0.478 e. The number of carbonyl (C=O) groups is 1. The van der Waals surface area contributed by atoms with Crippen molar-refractivity contribution in [2.45, 2.75) is 0 Å². The fraction of sp³-hybridized carbons (Fsp3) is 0. The van der Waals surface area contributed by atoms with Crippen LogP contribution in [0, 0.1) is 18.8 Å². The van der Waals surface area contributed by atoms with Gasteiger partial charge in [-0.3, -0.25) is 0 Å². The fourth-order valence-corrected chi connectivity index (χ4v) is 3.13. The van der Waals surface area contributed by atoms with E-state index in [4.69, 9.17) is 5.11 Å². The molecule has 2 N–H and O–H groups in total. The average molecular weight is 502 g/mol. The Morgan fingerprint density at radius 2 is 2.00 bits per heavy atom. The Morgan fingerprint density at radius 3 is 2.60 bits per heavy atom. The minimum absolute atomic E-state index is 0.262. The van der Waals surface area contributed by atoms with Crippen LogP contribution in [-0.2, 0) is 0 Å². The van der Waals surface area contributed by atoms with E-state index in [1.807, 2.05) is 22.6 Å². The van der Waals surface area contributed by atoms with E-state index in [1.165, 1.54) is 6.20 Å². The number of anilines is 2.